The Morgan fingerprint density at radius 1 is 1.31 bits per heavy atom. The maximum absolute atomic E-state index is 11.6. The third-order valence-corrected chi connectivity index (χ3v) is 4.15. The van der Waals surface area contributed by atoms with Crippen LogP contribution in [0.4, 0.5) is 0 Å². The van der Waals surface area contributed by atoms with E-state index in [2.05, 4.69) is 4.72 Å². The lowest BCUT2D eigenvalue weighted by atomic mass is 10.2. The number of nitrogens with zero attached hydrogens (tertiary/aromatic N) is 1. The third kappa shape index (κ3) is 1.62. The number of hydrogen-bond donors (Lipinski definition) is 1. The zero-order chi connectivity index (χ0) is 11.9. The second kappa shape index (κ2) is 3.61. The molecule has 16 heavy (non-hydrogen) atoms. The first-order chi connectivity index (χ1) is 7.45. The summed E-state index contributed by atoms with van der Waals surface area (Å²) in [5.74, 6) is 0. The molecule has 0 aliphatic rings. The van der Waals surface area contributed by atoms with Gasteiger partial charge in [0.1, 0.15) is 0 Å². The minimum Gasteiger partial charge on any atom is -0.350 e. The lowest BCUT2D eigenvalue weighted by molar-refractivity contribution is 0.588. The predicted octanol–water partition coefficient (Wildman–Crippen LogP) is 1.39. The molecule has 2 rings (SSSR count). The van der Waals surface area contributed by atoms with E-state index in [-0.39, 0.29) is 0 Å². The number of aryl methyl sites for hydroxylation is 2. The van der Waals surface area contributed by atoms with Crippen LogP contribution in [0.2, 0.25) is 0 Å². The Balaban J connectivity index is 2.74. The normalized spacial score (nSPS) is 12.2. The molecule has 86 valence electrons. The second-order valence-corrected chi connectivity index (χ2v) is 5.70. The maximum Gasteiger partial charge on any atom is 0.240 e. The Hall–Kier alpha value is -1.33. The Kier molecular flexibility index (Phi) is 2.52. The number of fused-ring (bicyclic) bond motifs is 1. The van der Waals surface area contributed by atoms with Gasteiger partial charge in [0, 0.05) is 24.1 Å². The van der Waals surface area contributed by atoms with E-state index < -0.39 is 10.0 Å². The molecule has 0 bridgehead atoms. The monoisotopic (exact) mass is 238 g/mol. The van der Waals surface area contributed by atoms with Gasteiger partial charge in [0.15, 0.2) is 0 Å². The number of hydrogen-bond acceptors (Lipinski definition) is 2. The Morgan fingerprint density at radius 2 is 2.00 bits per heavy atom. The molecule has 0 aliphatic heterocycles. The fourth-order valence-corrected chi connectivity index (χ4v) is 2.61. The molecule has 0 atom stereocenters. The summed E-state index contributed by atoms with van der Waals surface area (Å²) in [6.07, 6.45) is 1.99. The van der Waals surface area contributed by atoms with E-state index in [1.54, 1.807) is 12.1 Å². The maximum atomic E-state index is 11.6. The van der Waals surface area contributed by atoms with E-state index in [4.69, 9.17) is 0 Å². The van der Waals surface area contributed by atoms with E-state index >= 15 is 0 Å². The molecular formula is C11H14N2O2S. The molecular weight excluding hydrogens is 224 g/mol. The summed E-state index contributed by atoms with van der Waals surface area (Å²) in [5.41, 5.74) is 2.11. The van der Waals surface area contributed by atoms with Crippen LogP contribution >= 0.6 is 0 Å². The van der Waals surface area contributed by atoms with Gasteiger partial charge in [0.25, 0.3) is 0 Å². The van der Waals surface area contributed by atoms with Crippen molar-refractivity contribution < 1.29 is 8.42 Å². The third-order valence-electron chi connectivity index (χ3n) is 2.74. The SMILES string of the molecule is CNS(=O)(=O)c1ccc2c(c1)c(C)cn2C. The molecule has 1 heterocycles. The number of sulfonamides is 1. The largest absolute Gasteiger partial charge is 0.350 e. The molecule has 0 radical (unpaired) electrons. The molecule has 0 aliphatic carbocycles. The summed E-state index contributed by atoms with van der Waals surface area (Å²) < 4.78 is 27.6. The molecule has 4 nitrogen and oxygen atoms in total. The first kappa shape index (κ1) is 11.2. The summed E-state index contributed by atoms with van der Waals surface area (Å²) in [6, 6.07) is 5.15. The molecule has 0 unspecified atom stereocenters. The molecule has 0 saturated heterocycles. The van der Waals surface area contributed by atoms with Crippen LogP contribution in [0.5, 0.6) is 0 Å². The summed E-state index contributed by atoms with van der Waals surface area (Å²) in [4.78, 5) is 0.303. The highest BCUT2D eigenvalue weighted by Crippen LogP contribution is 2.23. The molecule has 0 amide bonds. The van der Waals surface area contributed by atoms with Crippen LogP contribution in [0.15, 0.2) is 29.3 Å². The number of benzene rings is 1. The standard InChI is InChI=1S/C11H14N2O2S/c1-8-7-13(3)11-5-4-9(6-10(8)11)16(14,15)12-2/h4-7,12H,1-3H3. The van der Waals surface area contributed by atoms with Gasteiger partial charge >= 0.3 is 0 Å². The lowest BCUT2D eigenvalue weighted by Crippen LogP contribution is -2.18. The van der Waals surface area contributed by atoms with Gasteiger partial charge in [-0.3, -0.25) is 0 Å². The molecule has 0 saturated carbocycles. The van der Waals surface area contributed by atoms with Crippen LogP contribution in [0, 0.1) is 6.92 Å². The van der Waals surface area contributed by atoms with Gasteiger partial charge in [0.2, 0.25) is 10.0 Å². The zero-order valence-corrected chi connectivity index (χ0v) is 10.3. The van der Waals surface area contributed by atoms with Crippen molar-refractivity contribution in [3.05, 3.63) is 30.0 Å². The van der Waals surface area contributed by atoms with Crippen molar-refractivity contribution in [1.29, 1.82) is 0 Å². The Bertz CT molecular complexity index is 641. The van der Waals surface area contributed by atoms with E-state index in [1.165, 1.54) is 7.05 Å². The average Bonchev–Trinajstić information content (AvgIpc) is 2.54. The van der Waals surface area contributed by atoms with Gasteiger partial charge in [-0.15, -0.1) is 0 Å². The van der Waals surface area contributed by atoms with E-state index in [0.717, 1.165) is 16.5 Å². The van der Waals surface area contributed by atoms with Crippen molar-refractivity contribution >= 4 is 20.9 Å². The molecule has 5 heteroatoms. The van der Waals surface area contributed by atoms with Crippen LogP contribution in [0.3, 0.4) is 0 Å². The molecule has 0 fully saturated rings. The quantitative estimate of drug-likeness (QED) is 0.859. The summed E-state index contributed by atoms with van der Waals surface area (Å²) >= 11 is 0. The van der Waals surface area contributed by atoms with Crippen LogP contribution in [-0.2, 0) is 17.1 Å². The highest BCUT2D eigenvalue weighted by molar-refractivity contribution is 7.89. The van der Waals surface area contributed by atoms with Crippen LogP contribution in [0.1, 0.15) is 5.56 Å². The van der Waals surface area contributed by atoms with Crippen molar-refractivity contribution in [3.8, 4) is 0 Å². The first-order valence-corrected chi connectivity index (χ1v) is 6.43. The van der Waals surface area contributed by atoms with Crippen molar-refractivity contribution in [2.45, 2.75) is 11.8 Å². The molecule has 1 N–H and O–H groups in total. The number of nitrogens with one attached hydrogen (secondary N) is 1. The van der Waals surface area contributed by atoms with E-state index in [9.17, 15) is 8.42 Å². The van der Waals surface area contributed by atoms with Gasteiger partial charge in [-0.25, -0.2) is 13.1 Å². The predicted molar refractivity (Wildman–Crippen MR) is 63.9 cm³/mol. The van der Waals surface area contributed by atoms with Crippen LogP contribution in [0.25, 0.3) is 10.9 Å². The summed E-state index contributed by atoms with van der Waals surface area (Å²) in [6.45, 7) is 1.97. The summed E-state index contributed by atoms with van der Waals surface area (Å²) in [5, 5.41) is 0.971. The molecule has 1 aromatic heterocycles. The number of rotatable bonds is 2. The minimum atomic E-state index is -3.36. The smallest absolute Gasteiger partial charge is 0.240 e. The van der Waals surface area contributed by atoms with Gasteiger partial charge < -0.3 is 4.57 Å². The summed E-state index contributed by atoms with van der Waals surface area (Å²) in [7, 11) is 0.00366. The van der Waals surface area contributed by atoms with E-state index in [0.29, 0.717) is 4.90 Å². The van der Waals surface area contributed by atoms with Crippen molar-refractivity contribution in [1.82, 2.24) is 9.29 Å². The van der Waals surface area contributed by atoms with Crippen LogP contribution < -0.4 is 4.72 Å². The number of aromatic nitrogens is 1. The van der Waals surface area contributed by atoms with Crippen molar-refractivity contribution in [2.75, 3.05) is 7.05 Å². The van der Waals surface area contributed by atoms with Gasteiger partial charge in [-0.1, -0.05) is 0 Å². The van der Waals surface area contributed by atoms with Gasteiger partial charge in [-0.05, 0) is 37.7 Å². The molecule has 2 aromatic rings. The highest BCUT2D eigenvalue weighted by Gasteiger charge is 2.13. The van der Waals surface area contributed by atoms with Crippen molar-refractivity contribution in [2.24, 2.45) is 7.05 Å². The topological polar surface area (TPSA) is 51.1 Å². The van der Waals surface area contributed by atoms with Gasteiger partial charge in [0.05, 0.1) is 4.90 Å². The first-order valence-electron chi connectivity index (χ1n) is 4.95. The minimum absolute atomic E-state index is 0.303. The highest BCUT2D eigenvalue weighted by atomic mass is 32.2. The molecule has 0 spiro atoms. The fourth-order valence-electron chi connectivity index (χ4n) is 1.85. The molecule has 1 aromatic carbocycles. The van der Waals surface area contributed by atoms with Gasteiger partial charge in [-0.2, -0.15) is 0 Å². The zero-order valence-electron chi connectivity index (χ0n) is 9.48. The second-order valence-electron chi connectivity index (χ2n) is 3.81. The average molecular weight is 238 g/mol. The fraction of sp³-hybridized carbons (Fsp3) is 0.273. The van der Waals surface area contributed by atoms with E-state index in [1.807, 2.05) is 30.8 Å². The van der Waals surface area contributed by atoms with Crippen molar-refractivity contribution in [3.63, 3.8) is 0 Å². The Labute approximate surface area is 94.9 Å². The van der Waals surface area contributed by atoms with Crippen LogP contribution in [-0.4, -0.2) is 20.0 Å². The Morgan fingerprint density at radius 3 is 2.62 bits per heavy atom. The lowest BCUT2D eigenvalue weighted by Gasteiger charge is -2.03.